The van der Waals surface area contributed by atoms with Crippen molar-refractivity contribution < 1.29 is 19.5 Å². The highest BCUT2D eigenvalue weighted by Crippen LogP contribution is 2.24. The molecule has 1 fully saturated rings. The van der Waals surface area contributed by atoms with Crippen LogP contribution in [0.1, 0.15) is 17.5 Å². The molecule has 0 aromatic heterocycles. The Morgan fingerprint density at radius 3 is 2.17 bits per heavy atom. The van der Waals surface area contributed by atoms with Crippen LogP contribution in [0.3, 0.4) is 0 Å². The number of alkyl halides is 1. The summed E-state index contributed by atoms with van der Waals surface area (Å²) in [6.45, 7) is 0.0504. The largest absolute Gasteiger partial charge is 0.481 e. The number of benzene rings is 3. The van der Waals surface area contributed by atoms with E-state index in [9.17, 15) is 19.5 Å². The summed E-state index contributed by atoms with van der Waals surface area (Å²) in [4.78, 5) is 40.6. The van der Waals surface area contributed by atoms with E-state index in [1.54, 1.807) is 24.3 Å². The second kappa shape index (κ2) is 11.6. The SMILES string of the molecule is O=C(O)CC1C(=O)N(C(Cl)Cc2ccc(Cl)cc2)CC(=O)N1CCc1ccc(-c2ccccc2)cc1. The van der Waals surface area contributed by atoms with Gasteiger partial charge in [-0.15, -0.1) is 0 Å². The first-order valence-electron chi connectivity index (χ1n) is 11.7. The molecule has 8 heteroatoms. The fraction of sp³-hybridized carbons (Fsp3) is 0.250. The van der Waals surface area contributed by atoms with Crippen molar-refractivity contribution in [3.63, 3.8) is 0 Å². The molecule has 3 aromatic rings. The topological polar surface area (TPSA) is 77.9 Å². The Kier molecular flexibility index (Phi) is 8.28. The zero-order valence-corrected chi connectivity index (χ0v) is 21.0. The van der Waals surface area contributed by atoms with Crippen molar-refractivity contribution in [3.05, 3.63) is 95.0 Å². The Labute approximate surface area is 220 Å². The van der Waals surface area contributed by atoms with E-state index in [-0.39, 0.29) is 19.0 Å². The number of hydrogen-bond acceptors (Lipinski definition) is 3. The summed E-state index contributed by atoms with van der Waals surface area (Å²) in [7, 11) is 0. The summed E-state index contributed by atoms with van der Waals surface area (Å²) < 4.78 is 0. The molecule has 2 amide bonds. The summed E-state index contributed by atoms with van der Waals surface area (Å²) in [6.07, 6.45) is 0.336. The van der Waals surface area contributed by atoms with E-state index in [0.717, 1.165) is 22.3 Å². The molecule has 1 aliphatic rings. The van der Waals surface area contributed by atoms with Crippen LogP contribution in [0.15, 0.2) is 78.9 Å². The Morgan fingerprint density at radius 2 is 1.53 bits per heavy atom. The average Bonchev–Trinajstić information content (AvgIpc) is 2.87. The number of carboxylic acids is 1. The van der Waals surface area contributed by atoms with Gasteiger partial charge in [-0.05, 0) is 40.8 Å². The number of amides is 2. The van der Waals surface area contributed by atoms with Gasteiger partial charge in [0.15, 0.2) is 0 Å². The number of halogens is 2. The van der Waals surface area contributed by atoms with Crippen LogP contribution < -0.4 is 0 Å². The number of piperazine rings is 1. The van der Waals surface area contributed by atoms with Crippen LogP contribution >= 0.6 is 23.2 Å². The monoisotopic (exact) mass is 524 g/mol. The van der Waals surface area contributed by atoms with E-state index in [1.807, 2.05) is 54.6 Å². The molecule has 186 valence electrons. The summed E-state index contributed by atoms with van der Waals surface area (Å²) in [5.74, 6) is -1.92. The van der Waals surface area contributed by atoms with Crippen molar-refractivity contribution in [2.24, 2.45) is 0 Å². The highest BCUT2D eigenvalue weighted by atomic mass is 35.5. The molecule has 1 saturated heterocycles. The van der Waals surface area contributed by atoms with E-state index in [4.69, 9.17) is 23.2 Å². The lowest BCUT2D eigenvalue weighted by molar-refractivity contribution is -0.159. The molecule has 0 spiro atoms. The van der Waals surface area contributed by atoms with Gasteiger partial charge in [-0.25, -0.2) is 0 Å². The molecule has 2 atom stereocenters. The van der Waals surface area contributed by atoms with Crippen molar-refractivity contribution in [2.45, 2.75) is 30.8 Å². The lowest BCUT2D eigenvalue weighted by atomic mass is 10.0. The molecule has 0 bridgehead atoms. The first-order chi connectivity index (χ1) is 17.3. The molecule has 6 nitrogen and oxygen atoms in total. The highest BCUT2D eigenvalue weighted by Gasteiger charge is 2.42. The van der Waals surface area contributed by atoms with Crippen molar-refractivity contribution >= 4 is 41.0 Å². The number of hydrogen-bond donors (Lipinski definition) is 1. The van der Waals surface area contributed by atoms with Gasteiger partial charge in [0, 0.05) is 18.0 Å². The van der Waals surface area contributed by atoms with Crippen LogP contribution in [0.5, 0.6) is 0 Å². The highest BCUT2D eigenvalue weighted by molar-refractivity contribution is 6.30. The molecular weight excluding hydrogens is 499 g/mol. The third-order valence-electron chi connectivity index (χ3n) is 6.30. The second-order valence-electron chi connectivity index (χ2n) is 8.74. The predicted octanol–water partition coefficient (Wildman–Crippen LogP) is 4.87. The fourth-order valence-corrected chi connectivity index (χ4v) is 4.83. The van der Waals surface area contributed by atoms with E-state index >= 15 is 0 Å². The van der Waals surface area contributed by atoms with Crippen LogP contribution in [0.2, 0.25) is 5.02 Å². The van der Waals surface area contributed by atoms with Gasteiger partial charge < -0.3 is 14.9 Å². The van der Waals surface area contributed by atoms with Crippen molar-refractivity contribution in [1.82, 2.24) is 9.80 Å². The van der Waals surface area contributed by atoms with Crippen molar-refractivity contribution in [2.75, 3.05) is 13.1 Å². The summed E-state index contributed by atoms with van der Waals surface area (Å²) in [5.41, 5.74) is 3.25. The minimum atomic E-state index is -1.15. The van der Waals surface area contributed by atoms with Crippen LogP contribution in [0.25, 0.3) is 11.1 Å². The van der Waals surface area contributed by atoms with Gasteiger partial charge in [-0.1, -0.05) is 89.9 Å². The van der Waals surface area contributed by atoms with Crippen molar-refractivity contribution in [3.8, 4) is 11.1 Å². The number of carbonyl (C=O) groups is 3. The van der Waals surface area contributed by atoms with E-state index < -0.39 is 29.8 Å². The third kappa shape index (κ3) is 6.25. The second-order valence-corrected chi connectivity index (χ2v) is 9.69. The van der Waals surface area contributed by atoms with E-state index in [0.29, 0.717) is 17.9 Å². The summed E-state index contributed by atoms with van der Waals surface area (Å²) in [6, 6.07) is 24.0. The first-order valence-corrected chi connectivity index (χ1v) is 12.5. The van der Waals surface area contributed by atoms with Gasteiger partial charge in [0.1, 0.15) is 18.1 Å². The minimum Gasteiger partial charge on any atom is -0.481 e. The Hall–Kier alpha value is -3.35. The van der Waals surface area contributed by atoms with Gasteiger partial charge in [0.2, 0.25) is 11.8 Å². The maximum atomic E-state index is 13.3. The molecule has 0 aliphatic carbocycles. The minimum absolute atomic E-state index is 0.191. The number of nitrogens with zero attached hydrogens (tertiary/aromatic N) is 2. The summed E-state index contributed by atoms with van der Waals surface area (Å²) >= 11 is 12.5. The molecule has 36 heavy (non-hydrogen) atoms. The van der Waals surface area contributed by atoms with Crippen LogP contribution in [0.4, 0.5) is 0 Å². The van der Waals surface area contributed by atoms with Crippen LogP contribution in [-0.4, -0.2) is 57.3 Å². The average molecular weight is 525 g/mol. The molecular formula is C28H26Cl2N2O4. The van der Waals surface area contributed by atoms with Gasteiger partial charge in [0.05, 0.1) is 6.42 Å². The number of carbonyl (C=O) groups excluding carboxylic acids is 2. The van der Waals surface area contributed by atoms with Gasteiger partial charge >= 0.3 is 5.97 Å². The Morgan fingerprint density at radius 1 is 0.917 bits per heavy atom. The fourth-order valence-electron chi connectivity index (χ4n) is 4.36. The summed E-state index contributed by atoms with van der Waals surface area (Å²) in [5, 5.41) is 10.0. The predicted molar refractivity (Wildman–Crippen MR) is 140 cm³/mol. The van der Waals surface area contributed by atoms with Gasteiger partial charge in [-0.3, -0.25) is 14.4 Å². The zero-order valence-electron chi connectivity index (χ0n) is 19.5. The molecule has 4 rings (SSSR count). The molecule has 1 N–H and O–H groups in total. The lowest BCUT2D eigenvalue weighted by Crippen LogP contribution is -2.62. The Bertz CT molecular complexity index is 1220. The van der Waals surface area contributed by atoms with Gasteiger partial charge in [0.25, 0.3) is 0 Å². The van der Waals surface area contributed by atoms with E-state index in [2.05, 4.69) is 0 Å². The lowest BCUT2D eigenvalue weighted by Gasteiger charge is -2.41. The van der Waals surface area contributed by atoms with E-state index in [1.165, 1.54) is 9.80 Å². The van der Waals surface area contributed by atoms with Crippen LogP contribution in [-0.2, 0) is 27.2 Å². The molecule has 0 saturated carbocycles. The molecule has 2 unspecified atom stereocenters. The number of aliphatic carboxylic acids is 1. The molecule has 3 aromatic carbocycles. The number of rotatable bonds is 9. The first kappa shape index (κ1) is 25.7. The van der Waals surface area contributed by atoms with Crippen LogP contribution in [0, 0.1) is 0 Å². The standard InChI is InChI=1S/C28H26Cl2N2O4/c29-23-12-8-20(9-13-23)16-25(30)32-18-26(33)31(24(28(32)36)17-27(34)35)15-14-19-6-10-22(11-7-19)21-4-2-1-3-5-21/h1-13,24-25H,14-18H2,(H,34,35). The smallest absolute Gasteiger partial charge is 0.305 e. The third-order valence-corrected chi connectivity index (χ3v) is 6.94. The van der Waals surface area contributed by atoms with Gasteiger partial charge in [-0.2, -0.15) is 0 Å². The molecule has 1 heterocycles. The van der Waals surface area contributed by atoms with Crippen molar-refractivity contribution in [1.29, 1.82) is 0 Å². The Balaban J connectivity index is 1.44. The molecule has 0 radical (unpaired) electrons. The molecule has 1 aliphatic heterocycles. The maximum Gasteiger partial charge on any atom is 0.305 e. The zero-order chi connectivity index (χ0) is 25.7. The number of carboxylic acid groups (broad SMARTS) is 1. The quantitative estimate of drug-likeness (QED) is 0.320. The maximum absolute atomic E-state index is 13.3. The normalized spacial score (nSPS) is 16.8.